The topological polar surface area (TPSA) is 73.2 Å². The molecule has 1 fully saturated rings. The fourth-order valence-corrected chi connectivity index (χ4v) is 5.32. The maximum absolute atomic E-state index is 13.0. The van der Waals surface area contributed by atoms with Gasteiger partial charge < -0.3 is 10.1 Å². The van der Waals surface area contributed by atoms with Crippen LogP contribution in [-0.4, -0.2) is 38.4 Å². The van der Waals surface area contributed by atoms with Crippen molar-refractivity contribution in [1.29, 1.82) is 0 Å². The first-order valence-electron chi connectivity index (χ1n) is 10.6. The first-order valence-corrected chi connectivity index (χ1v) is 12.0. The monoisotopic (exact) mass is 437 g/mol. The van der Waals surface area contributed by atoms with Crippen molar-refractivity contribution in [3.8, 4) is 5.69 Å². The Bertz CT molecular complexity index is 1060. The summed E-state index contributed by atoms with van der Waals surface area (Å²) < 4.78 is 19.9. The van der Waals surface area contributed by atoms with Gasteiger partial charge in [0.1, 0.15) is 0 Å². The number of nitrogens with one attached hydrogen (secondary N) is 1. The fourth-order valence-electron chi connectivity index (χ4n) is 3.85. The third-order valence-electron chi connectivity index (χ3n) is 5.48. The van der Waals surface area contributed by atoms with Crippen molar-refractivity contribution in [3.63, 3.8) is 0 Å². The van der Waals surface area contributed by atoms with E-state index in [9.17, 15) is 9.00 Å². The maximum Gasteiger partial charge on any atom is 0.259 e. The van der Waals surface area contributed by atoms with Crippen LogP contribution in [0.25, 0.3) is 5.69 Å². The van der Waals surface area contributed by atoms with Crippen molar-refractivity contribution in [2.75, 3.05) is 18.5 Å². The molecule has 3 aromatic rings. The Balaban J connectivity index is 1.47. The maximum atomic E-state index is 13.0. The van der Waals surface area contributed by atoms with E-state index in [1.54, 1.807) is 6.20 Å². The van der Waals surface area contributed by atoms with Crippen molar-refractivity contribution in [2.24, 2.45) is 0 Å². The van der Waals surface area contributed by atoms with Gasteiger partial charge in [0.05, 0.1) is 23.1 Å². The lowest BCUT2D eigenvalue weighted by Crippen LogP contribution is -2.25. The zero-order valence-corrected chi connectivity index (χ0v) is 18.4. The average Bonchev–Trinajstić information content (AvgIpc) is 3.25. The smallest absolute Gasteiger partial charge is 0.259 e. The van der Waals surface area contributed by atoms with Crippen LogP contribution in [0.5, 0.6) is 0 Å². The highest BCUT2D eigenvalue weighted by Crippen LogP contribution is 2.21. The van der Waals surface area contributed by atoms with Crippen LogP contribution in [0.2, 0.25) is 0 Å². The highest BCUT2D eigenvalue weighted by molar-refractivity contribution is 7.84. The summed E-state index contributed by atoms with van der Waals surface area (Å²) in [7, 11) is -0.943. The van der Waals surface area contributed by atoms with E-state index >= 15 is 0 Å². The number of amides is 1. The second kappa shape index (κ2) is 10.0. The normalized spacial score (nSPS) is 15.5. The van der Waals surface area contributed by atoms with Crippen LogP contribution < -0.4 is 5.32 Å². The summed E-state index contributed by atoms with van der Waals surface area (Å²) >= 11 is 0. The molecule has 31 heavy (non-hydrogen) atoms. The van der Waals surface area contributed by atoms with Crippen molar-refractivity contribution in [3.05, 3.63) is 77.6 Å². The van der Waals surface area contributed by atoms with Gasteiger partial charge in [0.15, 0.2) is 0 Å². The molecular formula is C24H27N3O3S. The van der Waals surface area contributed by atoms with Crippen molar-refractivity contribution >= 4 is 22.4 Å². The van der Waals surface area contributed by atoms with Gasteiger partial charge in [-0.25, -0.2) is 4.68 Å². The van der Waals surface area contributed by atoms with Gasteiger partial charge in [-0.15, -0.1) is 0 Å². The quantitative estimate of drug-likeness (QED) is 0.604. The fraction of sp³-hybridized carbons (Fsp3) is 0.333. The van der Waals surface area contributed by atoms with Crippen LogP contribution in [0.15, 0.2) is 60.8 Å². The molecule has 2 heterocycles. The molecule has 0 aliphatic carbocycles. The van der Waals surface area contributed by atoms with Crippen LogP contribution in [0.1, 0.15) is 41.4 Å². The summed E-state index contributed by atoms with van der Waals surface area (Å²) in [6, 6.07) is 17.4. The molecule has 1 aliphatic rings. The molecule has 1 aliphatic heterocycles. The second-order valence-electron chi connectivity index (χ2n) is 7.60. The molecule has 162 valence electrons. The third kappa shape index (κ3) is 5.11. The highest BCUT2D eigenvalue weighted by Gasteiger charge is 2.21. The van der Waals surface area contributed by atoms with Gasteiger partial charge >= 0.3 is 0 Å². The molecular weight excluding hydrogens is 410 g/mol. The van der Waals surface area contributed by atoms with E-state index in [-0.39, 0.29) is 11.2 Å². The molecule has 4 rings (SSSR count). The molecule has 1 saturated heterocycles. The average molecular weight is 438 g/mol. The molecule has 0 spiro atoms. The van der Waals surface area contributed by atoms with E-state index in [0.29, 0.717) is 36.6 Å². The van der Waals surface area contributed by atoms with Gasteiger partial charge in [0, 0.05) is 40.7 Å². The lowest BCUT2D eigenvalue weighted by molar-refractivity contribution is 0.0991. The van der Waals surface area contributed by atoms with Gasteiger partial charge in [0.2, 0.25) is 0 Å². The molecule has 0 bridgehead atoms. The zero-order chi connectivity index (χ0) is 21.6. The number of carbonyl (C=O) groups is 1. The van der Waals surface area contributed by atoms with E-state index in [0.717, 1.165) is 29.8 Å². The number of hydrogen-bond acceptors (Lipinski definition) is 4. The number of anilines is 1. The van der Waals surface area contributed by atoms with Gasteiger partial charge in [-0.3, -0.25) is 9.00 Å². The molecule has 6 nitrogen and oxygen atoms in total. The van der Waals surface area contributed by atoms with Crippen LogP contribution in [0.3, 0.4) is 0 Å². The minimum Gasteiger partial charge on any atom is -0.381 e. The van der Waals surface area contributed by atoms with Crippen molar-refractivity contribution in [2.45, 2.75) is 37.2 Å². The summed E-state index contributed by atoms with van der Waals surface area (Å²) in [6.07, 6.45) is 3.98. The Morgan fingerprint density at radius 3 is 2.68 bits per heavy atom. The number of carbonyl (C=O) groups excluding carboxylic acids is 1. The Labute approximate surface area is 185 Å². The van der Waals surface area contributed by atoms with E-state index < -0.39 is 10.8 Å². The number of nitrogens with zero attached hydrogens (tertiary/aromatic N) is 2. The Morgan fingerprint density at radius 2 is 1.94 bits per heavy atom. The summed E-state index contributed by atoms with van der Waals surface area (Å²) in [4.78, 5) is 13.0. The van der Waals surface area contributed by atoms with E-state index in [4.69, 9.17) is 4.74 Å². The summed E-state index contributed by atoms with van der Waals surface area (Å²) in [5.41, 5.74) is 4.00. The number of benzene rings is 2. The van der Waals surface area contributed by atoms with E-state index in [1.807, 2.05) is 66.2 Å². The molecule has 1 atom stereocenters. The predicted octanol–water partition coefficient (Wildman–Crippen LogP) is 4.11. The first-order chi connectivity index (χ1) is 15.2. The van der Waals surface area contributed by atoms with Crippen molar-refractivity contribution in [1.82, 2.24) is 9.78 Å². The zero-order valence-electron chi connectivity index (χ0n) is 17.6. The first kappa shape index (κ1) is 21.5. The molecule has 0 saturated carbocycles. The van der Waals surface area contributed by atoms with Crippen LogP contribution in [-0.2, 0) is 27.7 Å². The van der Waals surface area contributed by atoms with Gasteiger partial charge in [-0.05, 0) is 49.1 Å². The SMILES string of the molecule is CCc1c(C(=O)Nc2cccc(CS(=O)C3CCOCC3)c2)cnn1-c1ccccc1. The predicted molar refractivity (Wildman–Crippen MR) is 123 cm³/mol. The molecule has 2 aromatic carbocycles. The molecule has 1 N–H and O–H groups in total. The van der Waals surface area contributed by atoms with Crippen molar-refractivity contribution < 1.29 is 13.7 Å². The summed E-state index contributed by atoms with van der Waals surface area (Å²) in [5, 5.41) is 7.60. The van der Waals surface area contributed by atoms with Gasteiger partial charge in [0.25, 0.3) is 5.91 Å². The summed E-state index contributed by atoms with van der Waals surface area (Å²) in [5.74, 6) is 0.294. The van der Waals surface area contributed by atoms with Crippen LogP contribution in [0.4, 0.5) is 5.69 Å². The standard InChI is InChI=1S/C24H27N3O3S/c1-2-23-22(16-25-27(23)20-9-4-3-5-10-20)24(28)26-19-8-6-7-18(15-19)17-31(29)21-11-13-30-14-12-21/h3-10,15-16,21H,2,11-14,17H2,1H3,(H,26,28). The number of hydrogen-bond donors (Lipinski definition) is 1. The molecule has 1 amide bonds. The van der Waals surface area contributed by atoms with E-state index in [1.165, 1.54) is 0 Å². The molecule has 1 unspecified atom stereocenters. The minimum atomic E-state index is -0.943. The van der Waals surface area contributed by atoms with Gasteiger partial charge in [-0.1, -0.05) is 37.3 Å². The third-order valence-corrected chi connectivity index (χ3v) is 7.32. The lowest BCUT2D eigenvalue weighted by Gasteiger charge is -2.21. The molecule has 7 heteroatoms. The summed E-state index contributed by atoms with van der Waals surface area (Å²) in [6.45, 7) is 3.38. The Kier molecular flexibility index (Phi) is 6.94. The Morgan fingerprint density at radius 1 is 1.16 bits per heavy atom. The number of para-hydroxylation sites is 1. The Hall–Kier alpha value is -2.77. The molecule has 1 aromatic heterocycles. The molecule has 0 radical (unpaired) electrons. The highest BCUT2D eigenvalue weighted by atomic mass is 32.2. The number of aromatic nitrogens is 2. The lowest BCUT2D eigenvalue weighted by atomic mass is 10.1. The van der Waals surface area contributed by atoms with Crippen LogP contribution >= 0.6 is 0 Å². The number of rotatable bonds is 7. The minimum absolute atomic E-state index is 0.183. The van der Waals surface area contributed by atoms with Gasteiger partial charge in [-0.2, -0.15) is 5.10 Å². The van der Waals surface area contributed by atoms with E-state index in [2.05, 4.69) is 10.4 Å². The number of ether oxygens (including phenoxy) is 1. The second-order valence-corrected chi connectivity index (χ2v) is 9.31. The largest absolute Gasteiger partial charge is 0.381 e. The van der Waals surface area contributed by atoms with Crippen LogP contribution in [0, 0.1) is 0 Å².